The minimum atomic E-state index is 0.0550. The van der Waals surface area contributed by atoms with Crippen LogP contribution in [0.5, 0.6) is 0 Å². The lowest BCUT2D eigenvalue weighted by Crippen LogP contribution is -2.37. The predicted octanol–water partition coefficient (Wildman–Crippen LogP) is 2.44. The Kier molecular flexibility index (Phi) is 3.75. The van der Waals surface area contributed by atoms with E-state index >= 15 is 0 Å². The minimum absolute atomic E-state index is 0.0550. The standard InChI is InChI=1S/C14H15N3/c15-9-12-4-6-13(7-5-12)11-17-8-2-1-3-14(17)10-16/h4-7,14H,1-3,8,11H2. The number of piperidine rings is 1. The molecule has 0 radical (unpaired) electrons. The number of nitrogens with zero attached hydrogens (tertiary/aromatic N) is 3. The number of rotatable bonds is 2. The van der Waals surface area contributed by atoms with Gasteiger partial charge >= 0.3 is 0 Å². The van der Waals surface area contributed by atoms with Gasteiger partial charge in [0.25, 0.3) is 0 Å². The second kappa shape index (κ2) is 5.48. The lowest BCUT2D eigenvalue weighted by molar-refractivity contribution is 0.176. The van der Waals surface area contributed by atoms with Crippen LogP contribution in [0.4, 0.5) is 0 Å². The van der Waals surface area contributed by atoms with Gasteiger partial charge in [-0.2, -0.15) is 10.5 Å². The van der Waals surface area contributed by atoms with Crippen molar-refractivity contribution in [3.05, 3.63) is 35.4 Å². The first-order chi connectivity index (χ1) is 8.33. The molecule has 0 aromatic heterocycles. The van der Waals surface area contributed by atoms with Gasteiger partial charge in [-0.3, -0.25) is 4.90 Å². The van der Waals surface area contributed by atoms with Crippen molar-refractivity contribution in [2.45, 2.75) is 31.8 Å². The average Bonchev–Trinajstić information content (AvgIpc) is 2.40. The second-order valence-corrected chi connectivity index (χ2v) is 4.42. The maximum absolute atomic E-state index is 9.09. The molecule has 1 aliphatic rings. The van der Waals surface area contributed by atoms with Crippen molar-refractivity contribution in [3.63, 3.8) is 0 Å². The van der Waals surface area contributed by atoms with E-state index in [9.17, 15) is 0 Å². The quantitative estimate of drug-likeness (QED) is 0.776. The highest BCUT2D eigenvalue weighted by molar-refractivity contribution is 5.31. The summed E-state index contributed by atoms with van der Waals surface area (Å²) in [5.74, 6) is 0. The molecule has 1 fully saturated rings. The van der Waals surface area contributed by atoms with Crippen molar-refractivity contribution < 1.29 is 0 Å². The maximum Gasteiger partial charge on any atom is 0.0991 e. The summed E-state index contributed by atoms with van der Waals surface area (Å²) in [7, 11) is 0. The Labute approximate surface area is 102 Å². The average molecular weight is 225 g/mol. The molecule has 0 aliphatic carbocycles. The molecule has 1 unspecified atom stereocenters. The smallest absolute Gasteiger partial charge is 0.0991 e. The highest BCUT2D eigenvalue weighted by Crippen LogP contribution is 2.19. The molecule has 0 bridgehead atoms. The van der Waals surface area contributed by atoms with E-state index in [4.69, 9.17) is 10.5 Å². The van der Waals surface area contributed by atoms with Gasteiger partial charge in [0.1, 0.15) is 0 Å². The monoisotopic (exact) mass is 225 g/mol. The van der Waals surface area contributed by atoms with Crippen LogP contribution in [0.2, 0.25) is 0 Å². The van der Waals surface area contributed by atoms with E-state index in [2.05, 4.69) is 17.0 Å². The summed E-state index contributed by atoms with van der Waals surface area (Å²) in [5.41, 5.74) is 1.86. The summed E-state index contributed by atoms with van der Waals surface area (Å²) in [4.78, 5) is 2.23. The molecule has 0 N–H and O–H groups in total. The number of likely N-dealkylation sites (tertiary alicyclic amines) is 1. The Morgan fingerprint density at radius 1 is 1.18 bits per heavy atom. The van der Waals surface area contributed by atoms with Crippen molar-refractivity contribution in [3.8, 4) is 12.1 Å². The van der Waals surface area contributed by atoms with Crippen LogP contribution in [0.25, 0.3) is 0 Å². The minimum Gasteiger partial charge on any atom is -0.284 e. The van der Waals surface area contributed by atoms with Crippen LogP contribution in [-0.2, 0) is 6.54 Å². The van der Waals surface area contributed by atoms with Gasteiger partial charge in [-0.1, -0.05) is 12.1 Å². The van der Waals surface area contributed by atoms with Crippen LogP contribution < -0.4 is 0 Å². The fourth-order valence-corrected chi connectivity index (χ4v) is 2.25. The molecule has 17 heavy (non-hydrogen) atoms. The zero-order valence-electron chi connectivity index (χ0n) is 9.76. The molecule has 3 heteroatoms. The topological polar surface area (TPSA) is 50.8 Å². The maximum atomic E-state index is 9.09. The predicted molar refractivity (Wildman–Crippen MR) is 64.8 cm³/mol. The molecular formula is C14H15N3. The molecule has 1 aromatic rings. The van der Waals surface area contributed by atoms with Crippen LogP contribution in [0.1, 0.15) is 30.4 Å². The molecule has 1 aliphatic heterocycles. The number of benzene rings is 1. The first-order valence-electron chi connectivity index (χ1n) is 5.96. The third-order valence-corrected chi connectivity index (χ3v) is 3.23. The zero-order chi connectivity index (χ0) is 12.1. The number of hydrogen-bond donors (Lipinski definition) is 0. The van der Waals surface area contributed by atoms with Crippen molar-refractivity contribution in [2.24, 2.45) is 0 Å². The Morgan fingerprint density at radius 3 is 2.59 bits per heavy atom. The Bertz CT molecular complexity index is 450. The normalized spacial score (nSPS) is 20.5. The number of nitriles is 2. The van der Waals surface area contributed by atoms with Gasteiger partial charge in [0, 0.05) is 6.54 Å². The highest BCUT2D eigenvalue weighted by Gasteiger charge is 2.21. The number of hydrogen-bond acceptors (Lipinski definition) is 3. The summed E-state index contributed by atoms with van der Waals surface area (Å²) in [6.45, 7) is 1.81. The SMILES string of the molecule is N#Cc1ccc(CN2CCCCC2C#N)cc1. The van der Waals surface area contributed by atoms with Gasteiger partial charge in [-0.05, 0) is 43.5 Å². The van der Waals surface area contributed by atoms with E-state index < -0.39 is 0 Å². The van der Waals surface area contributed by atoms with Crippen LogP contribution in [0.15, 0.2) is 24.3 Å². The van der Waals surface area contributed by atoms with Crippen LogP contribution >= 0.6 is 0 Å². The van der Waals surface area contributed by atoms with Gasteiger partial charge in [0.15, 0.2) is 0 Å². The Morgan fingerprint density at radius 2 is 1.94 bits per heavy atom. The van der Waals surface area contributed by atoms with Crippen molar-refractivity contribution >= 4 is 0 Å². The van der Waals surface area contributed by atoms with Gasteiger partial charge < -0.3 is 0 Å². The zero-order valence-corrected chi connectivity index (χ0v) is 9.76. The first-order valence-corrected chi connectivity index (χ1v) is 5.96. The largest absolute Gasteiger partial charge is 0.284 e. The van der Waals surface area contributed by atoms with E-state index in [0.29, 0.717) is 5.56 Å². The van der Waals surface area contributed by atoms with Gasteiger partial charge in [-0.25, -0.2) is 0 Å². The van der Waals surface area contributed by atoms with E-state index in [1.54, 1.807) is 0 Å². The summed E-state index contributed by atoms with van der Waals surface area (Å²) in [5, 5.41) is 17.8. The van der Waals surface area contributed by atoms with E-state index in [1.807, 2.05) is 24.3 Å². The van der Waals surface area contributed by atoms with E-state index in [-0.39, 0.29) is 6.04 Å². The molecule has 86 valence electrons. The molecule has 1 saturated heterocycles. The van der Waals surface area contributed by atoms with Crippen molar-refractivity contribution in [1.82, 2.24) is 4.90 Å². The van der Waals surface area contributed by atoms with Crippen molar-refractivity contribution in [2.75, 3.05) is 6.54 Å². The van der Waals surface area contributed by atoms with Crippen LogP contribution in [0, 0.1) is 22.7 Å². The summed E-state index contributed by atoms with van der Waals surface area (Å²) < 4.78 is 0. The van der Waals surface area contributed by atoms with Crippen molar-refractivity contribution in [1.29, 1.82) is 10.5 Å². The second-order valence-electron chi connectivity index (χ2n) is 4.42. The molecule has 1 aromatic carbocycles. The lowest BCUT2D eigenvalue weighted by atomic mass is 10.0. The van der Waals surface area contributed by atoms with Gasteiger partial charge in [0.2, 0.25) is 0 Å². The lowest BCUT2D eigenvalue weighted by Gasteiger charge is -2.31. The third-order valence-electron chi connectivity index (χ3n) is 3.23. The first kappa shape index (κ1) is 11.6. The summed E-state index contributed by atoms with van der Waals surface area (Å²) >= 11 is 0. The molecule has 1 heterocycles. The molecule has 3 nitrogen and oxygen atoms in total. The Hall–Kier alpha value is -1.84. The van der Waals surface area contributed by atoms with Crippen LogP contribution in [0.3, 0.4) is 0 Å². The molecule has 2 rings (SSSR count). The molecule has 1 atom stereocenters. The fourth-order valence-electron chi connectivity index (χ4n) is 2.25. The van der Waals surface area contributed by atoms with E-state index in [1.165, 1.54) is 12.0 Å². The molecule has 0 saturated carbocycles. The van der Waals surface area contributed by atoms with Crippen LogP contribution in [-0.4, -0.2) is 17.5 Å². The van der Waals surface area contributed by atoms with Gasteiger partial charge in [0.05, 0.1) is 23.7 Å². The summed E-state index contributed by atoms with van der Waals surface area (Å²) in [6.07, 6.45) is 3.31. The third kappa shape index (κ3) is 2.84. The van der Waals surface area contributed by atoms with Gasteiger partial charge in [-0.15, -0.1) is 0 Å². The summed E-state index contributed by atoms with van der Waals surface area (Å²) in [6, 6.07) is 12.2. The highest BCUT2D eigenvalue weighted by atomic mass is 15.2. The fraction of sp³-hybridized carbons (Fsp3) is 0.429. The Balaban J connectivity index is 2.04. The molecule has 0 amide bonds. The molecular weight excluding hydrogens is 210 g/mol. The molecule has 0 spiro atoms. The van der Waals surface area contributed by atoms with E-state index in [0.717, 1.165) is 25.9 Å².